The van der Waals surface area contributed by atoms with E-state index in [9.17, 15) is 4.79 Å². The van der Waals surface area contributed by atoms with Crippen LogP contribution in [0.2, 0.25) is 0 Å². The number of rotatable bonds is 3. The molecule has 4 heteroatoms. The molecule has 1 saturated carbocycles. The molecule has 0 heterocycles. The van der Waals surface area contributed by atoms with Gasteiger partial charge in [0.05, 0.1) is 0 Å². The van der Waals surface area contributed by atoms with Gasteiger partial charge in [0.15, 0.2) is 0 Å². The van der Waals surface area contributed by atoms with Crippen molar-refractivity contribution in [3.8, 4) is 0 Å². The van der Waals surface area contributed by atoms with E-state index >= 15 is 0 Å². The highest BCUT2D eigenvalue weighted by Crippen LogP contribution is 2.31. The van der Waals surface area contributed by atoms with Gasteiger partial charge in [0.1, 0.15) is 0 Å². The zero-order chi connectivity index (χ0) is 12.3. The van der Waals surface area contributed by atoms with Crippen molar-refractivity contribution < 1.29 is 4.79 Å². The standard InChI is InChI=1S/C13H26N2O.ClH/c1-9-5-7-13(4,8-6-9)15-12(16)10(2)11(3)14;/h9-11H,5-8,14H2,1-4H3,(H,15,16);1H. The van der Waals surface area contributed by atoms with E-state index in [1.54, 1.807) is 0 Å². The summed E-state index contributed by atoms with van der Waals surface area (Å²) in [7, 11) is 0. The average molecular weight is 263 g/mol. The lowest BCUT2D eigenvalue weighted by molar-refractivity contribution is -0.127. The molecule has 1 amide bonds. The van der Waals surface area contributed by atoms with Gasteiger partial charge >= 0.3 is 0 Å². The van der Waals surface area contributed by atoms with Crippen LogP contribution in [-0.4, -0.2) is 17.5 Å². The Balaban J connectivity index is 0.00000256. The van der Waals surface area contributed by atoms with E-state index < -0.39 is 0 Å². The predicted molar refractivity (Wildman–Crippen MR) is 74.2 cm³/mol. The van der Waals surface area contributed by atoms with Crippen molar-refractivity contribution in [2.75, 3.05) is 0 Å². The summed E-state index contributed by atoms with van der Waals surface area (Å²) in [5.41, 5.74) is 5.74. The van der Waals surface area contributed by atoms with Crippen molar-refractivity contribution in [3.63, 3.8) is 0 Å². The van der Waals surface area contributed by atoms with Crippen molar-refractivity contribution in [1.82, 2.24) is 5.32 Å². The molecule has 0 aliphatic heterocycles. The highest BCUT2D eigenvalue weighted by Gasteiger charge is 2.32. The molecule has 1 aliphatic carbocycles. The normalized spacial score (nSPS) is 32.2. The van der Waals surface area contributed by atoms with Crippen LogP contribution in [0, 0.1) is 11.8 Å². The Kier molecular flexibility index (Phi) is 6.49. The zero-order valence-corrected chi connectivity index (χ0v) is 12.3. The van der Waals surface area contributed by atoms with Gasteiger partial charge in [0, 0.05) is 17.5 Å². The van der Waals surface area contributed by atoms with Crippen LogP contribution in [0.15, 0.2) is 0 Å². The minimum absolute atomic E-state index is 0. The van der Waals surface area contributed by atoms with Crippen molar-refractivity contribution >= 4 is 18.3 Å². The lowest BCUT2D eigenvalue weighted by Gasteiger charge is -2.38. The Bertz CT molecular complexity index is 248. The van der Waals surface area contributed by atoms with E-state index in [0.717, 1.165) is 18.8 Å². The topological polar surface area (TPSA) is 55.1 Å². The number of nitrogens with two attached hydrogens (primary N) is 1. The first-order valence-corrected chi connectivity index (χ1v) is 6.42. The van der Waals surface area contributed by atoms with Crippen molar-refractivity contribution in [3.05, 3.63) is 0 Å². The molecule has 2 atom stereocenters. The quantitative estimate of drug-likeness (QED) is 0.821. The Morgan fingerprint density at radius 1 is 1.35 bits per heavy atom. The second-order valence-corrected chi connectivity index (χ2v) is 5.88. The molecule has 0 saturated heterocycles. The predicted octanol–water partition coefficient (Wildman–Crippen LogP) is 2.48. The number of nitrogens with one attached hydrogen (secondary N) is 1. The van der Waals surface area contributed by atoms with Gasteiger partial charge in [-0.05, 0) is 45.4 Å². The summed E-state index contributed by atoms with van der Waals surface area (Å²) in [5.74, 6) is 0.805. The number of carbonyl (C=O) groups is 1. The van der Waals surface area contributed by atoms with Gasteiger partial charge in [-0.25, -0.2) is 0 Å². The summed E-state index contributed by atoms with van der Waals surface area (Å²) in [6.07, 6.45) is 4.60. The minimum Gasteiger partial charge on any atom is -0.351 e. The maximum absolute atomic E-state index is 11.9. The molecule has 0 bridgehead atoms. The van der Waals surface area contributed by atoms with Gasteiger partial charge in [-0.1, -0.05) is 13.8 Å². The summed E-state index contributed by atoms with van der Waals surface area (Å²) < 4.78 is 0. The third-order valence-electron chi connectivity index (χ3n) is 4.01. The molecule has 0 aromatic rings. The van der Waals surface area contributed by atoms with E-state index in [1.165, 1.54) is 12.8 Å². The first-order valence-electron chi connectivity index (χ1n) is 6.42. The van der Waals surface area contributed by atoms with Crippen LogP contribution in [0.5, 0.6) is 0 Å². The number of hydrogen-bond donors (Lipinski definition) is 2. The van der Waals surface area contributed by atoms with Crippen LogP contribution in [0.25, 0.3) is 0 Å². The summed E-state index contributed by atoms with van der Waals surface area (Å²) in [4.78, 5) is 11.9. The number of halogens is 1. The van der Waals surface area contributed by atoms with Crippen molar-refractivity contribution in [2.45, 2.75) is 65.0 Å². The minimum atomic E-state index is -0.101. The molecular formula is C13H27ClN2O. The molecule has 1 fully saturated rings. The van der Waals surface area contributed by atoms with Crippen LogP contribution in [0.3, 0.4) is 0 Å². The lowest BCUT2D eigenvalue weighted by atomic mass is 9.78. The first-order chi connectivity index (χ1) is 7.34. The molecule has 1 rings (SSSR count). The third kappa shape index (κ3) is 4.84. The summed E-state index contributed by atoms with van der Waals surface area (Å²) in [6.45, 7) is 8.22. The smallest absolute Gasteiger partial charge is 0.224 e. The molecule has 3 N–H and O–H groups in total. The Labute approximate surface area is 111 Å². The largest absolute Gasteiger partial charge is 0.351 e. The fourth-order valence-electron chi connectivity index (χ4n) is 2.17. The van der Waals surface area contributed by atoms with Gasteiger partial charge in [0.2, 0.25) is 5.91 Å². The fraction of sp³-hybridized carbons (Fsp3) is 0.923. The summed E-state index contributed by atoms with van der Waals surface area (Å²) in [6, 6.07) is -0.0777. The Morgan fingerprint density at radius 2 is 1.82 bits per heavy atom. The highest BCUT2D eigenvalue weighted by atomic mass is 35.5. The van der Waals surface area contributed by atoms with E-state index in [2.05, 4.69) is 19.2 Å². The molecule has 0 radical (unpaired) electrons. The molecule has 1 aliphatic rings. The SMILES string of the molecule is CC1CCC(C)(NC(=O)C(C)C(C)N)CC1.Cl. The van der Waals surface area contributed by atoms with Gasteiger partial charge in [-0.2, -0.15) is 0 Å². The maximum Gasteiger partial charge on any atom is 0.224 e. The van der Waals surface area contributed by atoms with Crippen LogP contribution < -0.4 is 11.1 Å². The van der Waals surface area contributed by atoms with E-state index in [1.807, 2.05) is 13.8 Å². The van der Waals surface area contributed by atoms with E-state index in [-0.39, 0.29) is 35.8 Å². The van der Waals surface area contributed by atoms with Crippen LogP contribution in [0.1, 0.15) is 53.4 Å². The molecule has 2 unspecified atom stereocenters. The second-order valence-electron chi connectivity index (χ2n) is 5.88. The van der Waals surface area contributed by atoms with Crippen LogP contribution in [0.4, 0.5) is 0 Å². The molecule has 0 spiro atoms. The van der Waals surface area contributed by atoms with E-state index in [4.69, 9.17) is 5.73 Å². The monoisotopic (exact) mass is 262 g/mol. The molecule has 3 nitrogen and oxygen atoms in total. The zero-order valence-electron chi connectivity index (χ0n) is 11.5. The van der Waals surface area contributed by atoms with Gasteiger partial charge < -0.3 is 11.1 Å². The molecule has 0 aromatic heterocycles. The van der Waals surface area contributed by atoms with Crippen LogP contribution >= 0.6 is 12.4 Å². The van der Waals surface area contributed by atoms with Crippen molar-refractivity contribution in [2.24, 2.45) is 17.6 Å². The first kappa shape index (κ1) is 16.7. The van der Waals surface area contributed by atoms with Crippen LogP contribution in [-0.2, 0) is 4.79 Å². The van der Waals surface area contributed by atoms with Crippen molar-refractivity contribution in [1.29, 1.82) is 0 Å². The molecule has 102 valence electrons. The third-order valence-corrected chi connectivity index (χ3v) is 4.01. The number of carbonyl (C=O) groups excluding carboxylic acids is 1. The molecule has 0 aromatic carbocycles. The highest BCUT2D eigenvalue weighted by molar-refractivity contribution is 5.85. The fourth-order valence-corrected chi connectivity index (χ4v) is 2.17. The van der Waals surface area contributed by atoms with Gasteiger partial charge in [-0.15, -0.1) is 12.4 Å². The molecular weight excluding hydrogens is 236 g/mol. The Hall–Kier alpha value is -0.280. The number of amides is 1. The number of hydrogen-bond acceptors (Lipinski definition) is 2. The van der Waals surface area contributed by atoms with Gasteiger partial charge in [0.25, 0.3) is 0 Å². The maximum atomic E-state index is 11.9. The van der Waals surface area contributed by atoms with E-state index in [0.29, 0.717) is 0 Å². The Morgan fingerprint density at radius 3 is 2.24 bits per heavy atom. The summed E-state index contributed by atoms with van der Waals surface area (Å²) >= 11 is 0. The molecule has 17 heavy (non-hydrogen) atoms. The van der Waals surface area contributed by atoms with Gasteiger partial charge in [-0.3, -0.25) is 4.79 Å². The second kappa shape index (κ2) is 6.60. The average Bonchev–Trinajstić information content (AvgIpc) is 2.21. The lowest BCUT2D eigenvalue weighted by Crippen LogP contribution is -2.51. The summed E-state index contributed by atoms with van der Waals surface area (Å²) in [5, 5.41) is 3.18.